The number of aryl methyl sites for hydroxylation is 1. The maximum absolute atomic E-state index is 13.8. The van der Waals surface area contributed by atoms with E-state index >= 15 is 0 Å². The Morgan fingerprint density at radius 1 is 1.15 bits per heavy atom. The molecule has 0 spiro atoms. The summed E-state index contributed by atoms with van der Waals surface area (Å²) in [5, 5.41) is 8.26. The van der Waals surface area contributed by atoms with Crippen molar-refractivity contribution >= 4 is 23.2 Å². The largest absolute Gasteiger partial charge is 0.461 e. The molecule has 2 aromatic heterocycles. The van der Waals surface area contributed by atoms with Gasteiger partial charge >= 0.3 is 0 Å². The molecule has 2 N–H and O–H groups in total. The minimum absolute atomic E-state index is 0.0773. The summed E-state index contributed by atoms with van der Waals surface area (Å²) < 4.78 is 37.6. The Bertz CT molecular complexity index is 969. The van der Waals surface area contributed by atoms with Gasteiger partial charge in [0.1, 0.15) is 11.6 Å². The molecule has 2 amide bonds. The Balaban J connectivity index is 1.62. The molecule has 0 saturated carbocycles. The van der Waals surface area contributed by atoms with E-state index in [-0.39, 0.29) is 35.9 Å². The number of carbonyl (C=O) groups is 2. The molecule has 0 saturated heterocycles. The summed E-state index contributed by atoms with van der Waals surface area (Å²) >= 11 is 0. The number of amides is 2. The van der Waals surface area contributed by atoms with Crippen LogP contribution >= 0.6 is 0 Å². The first kappa shape index (κ1) is 18.2. The second-order valence-corrected chi connectivity index (χ2v) is 5.53. The first-order valence-electron chi connectivity index (χ1n) is 7.85. The van der Waals surface area contributed by atoms with Crippen LogP contribution in [0.3, 0.4) is 0 Å². The number of halogens is 2. The molecule has 8 nitrogen and oxygen atoms in total. The van der Waals surface area contributed by atoms with Crippen LogP contribution in [0.25, 0.3) is 11.6 Å². The van der Waals surface area contributed by atoms with Crippen LogP contribution in [0.2, 0.25) is 0 Å². The van der Waals surface area contributed by atoms with Gasteiger partial charge < -0.3 is 19.6 Å². The van der Waals surface area contributed by atoms with E-state index in [2.05, 4.69) is 20.8 Å². The van der Waals surface area contributed by atoms with E-state index in [1.54, 1.807) is 12.1 Å². The highest BCUT2D eigenvalue weighted by molar-refractivity contribution is 5.93. The van der Waals surface area contributed by atoms with Gasteiger partial charge in [-0.1, -0.05) is 5.16 Å². The summed E-state index contributed by atoms with van der Waals surface area (Å²) in [6.45, 7) is 1.18. The Kier molecular flexibility index (Phi) is 5.25. The van der Waals surface area contributed by atoms with Crippen LogP contribution in [0, 0.1) is 11.6 Å². The third kappa shape index (κ3) is 4.54. The average molecular weight is 376 g/mol. The van der Waals surface area contributed by atoms with Crippen molar-refractivity contribution < 1.29 is 27.3 Å². The van der Waals surface area contributed by atoms with E-state index in [4.69, 9.17) is 8.94 Å². The van der Waals surface area contributed by atoms with Crippen LogP contribution in [0.4, 0.5) is 20.2 Å². The van der Waals surface area contributed by atoms with Gasteiger partial charge in [-0.25, -0.2) is 8.78 Å². The van der Waals surface area contributed by atoms with Crippen molar-refractivity contribution in [1.82, 2.24) is 10.1 Å². The van der Waals surface area contributed by atoms with Gasteiger partial charge in [-0.2, -0.15) is 4.98 Å². The summed E-state index contributed by atoms with van der Waals surface area (Å²) in [6.07, 6.45) is 1.50. The zero-order valence-electron chi connectivity index (χ0n) is 14.1. The van der Waals surface area contributed by atoms with Crippen LogP contribution < -0.4 is 10.6 Å². The maximum atomic E-state index is 13.8. The van der Waals surface area contributed by atoms with Crippen molar-refractivity contribution in [1.29, 1.82) is 0 Å². The highest BCUT2D eigenvalue weighted by Gasteiger charge is 2.15. The normalized spacial score (nSPS) is 10.6. The first-order valence-corrected chi connectivity index (χ1v) is 7.85. The van der Waals surface area contributed by atoms with Gasteiger partial charge in [0, 0.05) is 25.8 Å². The highest BCUT2D eigenvalue weighted by Crippen LogP contribution is 2.24. The van der Waals surface area contributed by atoms with Crippen LogP contribution in [0.15, 0.2) is 39.5 Å². The molecule has 3 aromatic rings. The number of hydrogen-bond acceptors (Lipinski definition) is 6. The van der Waals surface area contributed by atoms with E-state index in [1.807, 2.05) is 0 Å². The van der Waals surface area contributed by atoms with E-state index in [9.17, 15) is 18.4 Å². The molecule has 140 valence electrons. The number of hydrogen-bond donors (Lipinski definition) is 2. The molecule has 0 bridgehead atoms. The third-order valence-electron chi connectivity index (χ3n) is 3.42. The molecule has 1 aromatic carbocycles. The molecule has 0 fully saturated rings. The van der Waals surface area contributed by atoms with Gasteiger partial charge in [0.25, 0.3) is 0 Å². The number of aromatic nitrogens is 2. The molecule has 2 heterocycles. The first-order chi connectivity index (χ1) is 12.9. The SMILES string of the molecule is CC(=O)Nc1cc(NC(=O)CCc2nc(-c3ccco3)no2)c(F)cc1F. The second-order valence-electron chi connectivity index (χ2n) is 5.53. The van der Waals surface area contributed by atoms with Gasteiger partial charge in [-0.05, 0) is 18.2 Å². The number of furan rings is 1. The average Bonchev–Trinajstić information content (AvgIpc) is 3.28. The zero-order chi connectivity index (χ0) is 19.4. The predicted molar refractivity (Wildman–Crippen MR) is 89.6 cm³/mol. The zero-order valence-corrected chi connectivity index (χ0v) is 14.1. The monoisotopic (exact) mass is 376 g/mol. The summed E-state index contributed by atoms with van der Waals surface area (Å²) in [6, 6.07) is 4.91. The lowest BCUT2D eigenvalue weighted by atomic mass is 10.2. The molecule has 0 atom stereocenters. The van der Waals surface area contributed by atoms with E-state index < -0.39 is 23.4 Å². The lowest BCUT2D eigenvalue weighted by Crippen LogP contribution is -2.15. The number of carbonyl (C=O) groups excluding carboxylic acids is 2. The van der Waals surface area contributed by atoms with Crippen LogP contribution in [-0.2, 0) is 16.0 Å². The fraction of sp³-hybridized carbons (Fsp3) is 0.176. The summed E-state index contributed by atoms with van der Waals surface area (Å²) in [7, 11) is 0. The van der Waals surface area contributed by atoms with E-state index in [0.29, 0.717) is 11.8 Å². The van der Waals surface area contributed by atoms with Crippen molar-refractivity contribution in [3.05, 3.63) is 48.1 Å². The van der Waals surface area contributed by atoms with Crippen LogP contribution in [0.5, 0.6) is 0 Å². The standard InChI is InChI=1S/C17H14F2N4O4/c1-9(24)20-12-8-13(11(19)7-10(12)18)21-15(25)4-5-16-22-17(23-27-16)14-3-2-6-26-14/h2-3,6-8H,4-5H2,1H3,(H,20,24)(H,21,25). The van der Waals surface area contributed by atoms with Gasteiger partial charge in [0.05, 0.1) is 17.6 Å². The number of anilines is 2. The Morgan fingerprint density at radius 3 is 2.56 bits per heavy atom. The van der Waals surface area contributed by atoms with E-state index in [1.165, 1.54) is 13.2 Å². The van der Waals surface area contributed by atoms with Crippen LogP contribution in [0.1, 0.15) is 19.2 Å². The van der Waals surface area contributed by atoms with Gasteiger partial charge in [0.15, 0.2) is 5.76 Å². The molecule has 3 rings (SSSR count). The lowest BCUT2D eigenvalue weighted by molar-refractivity contribution is -0.116. The molecule has 0 aliphatic rings. The van der Waals surface area contributed by atoms with Gasteiger partial charge in [-0.3, -0.25) is 9.59 Å². The fourth-order valence-electron chi connectivity index (χ4n) is 2.23. The predicted octanol–water partition coefficient (Wildman–Crippen LogP) is 3.14. The molecule has 0 radical (unpaired) electrons. The number of nitrogens with one attached hydrogen (secondary N) is 2. The maximum Gasteiger partial charge on any atom is 0.238 e. The Morgan fingerprint density at radius 2 is 1.89 bits per heavy atom. The summed E-state index contributed by atoms with van der Waals surface area (Å²) in [5.41, 5.74) is -0.494. The fourth-order valence-corrected chi connectivity index (χ4v) is 2.23. The van der Waals surface area contributed by atoms with Crippen molar-refractivity contribution in [3.8, 4) is 11.6 Å². The smallest absolute Gasteiger partial charge is 0.238 e. The number of benzene rings is 1. The molecular formula is C17H14F2N4O4. The molecule has 0 aliphatic carbocycles. The molecule has 0 aliphatic heterocycles. The topological polar surface area (TPSA) is 110 Å². The minimum atomic E-state index is -0.965. The number of rotatable bonds is 6. The minimum Gasteiger partial charge on any atom is -0.461 e. The summed E-state index contributed by atoms with van der Waals surface area (Å²) in [4.78, 5) is 27.2. The molecule has 0 unspecified atom stereocenters. The molecule has 10 heteroatoms. The Labute approximate surface area is 151 Å². The molecular weight excluding hydrogens is 362 g/mol. The molecule has 27 heavy (non-hydrogen) atoms. The van der Waals surface area contributed by atoms with Crippen LogP contribution in [-0.4, -0.2) is 22.0 Å². The van der Waals surface area contributed by atoms with Crippen molar-refractivity contribution in [2.45, 2.75) is 19.8 Å². The van der Waals surface area contributed by atoms with Crippen molar-refractivity contribution in [2.75, 3.05) is 10.6 Å². The lowest BCUT2D eigenvalue weighted by Gasteiger charge is -2.10. The van der Waals surface area contributed by atoms with E-state index in [0.717, 1.165) is 6.07 Å². The number of nitrogens with zero attached hydrogens (tertiary/aromatic N) is 2. The third-order valence-corrected chi connectivity index (χ3v) is 3.42. The van der Waals surface area contributed by atoms with Crippen molar-refractivity contribution in [3.63, 3.8) is 0 Å². The van der Waals surface area contributed by atoms with Crippen molar-refractivity contribution in [2.24, 2.45) is 0 Å². The second kappa shape index (κ2) is 7.77. The highest BCUT2D eigenvalue weighted by atomic mass is 19.1. The van der Waals surface area contributed by atoms with Gasteiger partial charge in [0.2, 0.25) is 23.5 Å². The quantitative estimate of drug-likeness (QED) is 0.684. The Hall–Kier alpha value is -3.56. The van der Waals surface area contributed by atoms with Gasteiger partial charge in [-0.15, -0.1) is 0 Å². The summed E-state index contributed by atoms with van der Waals surface area (Å²) in [5.74, 6) is -2.11.